The molecule has 1 aliphatic rings. The topological polar surface area (TPSA) is 51.0 Å². The fraction of sp³-hybridized carbons (Fsp3) is 0.316. The molecule has 120 valence electrons. The number of phenolic OH excluding ortho intramolecular Hbond substituents is 1. The van der Waals surface area contributed by atoms with Gasteiger partial charge in [-0.3, -0.25) is 4.99 Å². The van der Waals surface area contributed by atoms with Gasteiger partial charge in [-0.25, -0.2) is 0 Å². The highest BCUT2D eigenvalue weighted by Gasteiger charge is 2.20. The van der Waals surface area contributed by atoms with Crippen molar-refractivity contribution in [2.45, 2.75) is 33.1 Å². The van der Waals surface area contributed by atoms with Crippen molar-refractivity contribution in [2.24, 2.45) is 4.99 Å². The number of nitrogens with zero attached hydrogens (tertiary/aromatic N) is 1. The van der Waals surface area contributed by atoms with Gasteiger partial charge < -0.3 is 14.6 Å². The van der Waals surface area contributed by atoms with Crippen LogP contribution in [0, 0.1) is 6.92 Å². The van der Waals surface area contributed by atoms with Crippen molar-refractivity contribution in [1.82, 2.24) is 0 Å². The summed E-state index contributed by atoms with van der Waals surface area (Å²) in [5, 5.41) is 10.5. The number of fused-ring (bicyclic) bond motifs is 1. The molecule has 0 saturated carbocycles. The second-order valence-corrected chi connectivity index (χ2v) is 6.80. The van der Waals surface area contributed by atoms with Crippen molar-refractivity contribution >= 4 is 11.9 Å². The van der Waals surface area contributed by atoms with E-state index in [2.05, 4.69) is 25.8 Å². The van der Waals surface area contributed by atoms with Crippen molar-refractivity contribution in [3.05, 3.63) is 47.0 Å². The van der Waals surface area contributed by atoms with E-state index in [9.17, 15) is 5.11 Å². The Bertz CT molecular complexity index is 773. The molecule has 0 atom stereocenters. The molecule has 0 radical (unpaired) electrons. The molecule has 1 aliphatic heterocycles. The van der Waals surface area contributed by atoms with Crippen LogP contribution in [0.2, 0.25) is 0 Å². The summed E-state index contributed by atoms with van der Waals surface area (Å²) in [7, 11) is 0. The quantitative estimate of drug-likeness (QED) is 0.832. The monoisotopic (exact) mass is 311 g/mol. The minimum atomic E-state index is -0.140. The lowest BCUT2D eigenvalue weighted by Gasteiger charge is -2.21. The molecular formula is C19H21NO3. The Morgan fingerprint density at radius 1 is 1.09 bits per heavy atom. The molecule has 23 heavy (non-hydrogen) atoms. The van der Waals surface area contributed by atoms with E-state index < -0.39 is 0 Å². The summed E-state index contributed by atoms with van der Waals surface area (Å²) in [6.07, 6.45) is 1.73. The Kier molecular flexibility index (Phi) is 3.76. The van der Waals surface area contributed by atoms with Crippen molar-refractivity contribution in [1.29, 1.82) is 0 Å². The predicted molar refractivity (Wildman–Crippen MR) is 91.4 cm³/mol. The molecular weight excluding hydrogens is 290 g/mol. The van der Waals surface area contributed by atoms with Crippen LogP contribution >= 0.6 is 0 Å². The fourth-order valence-electron chi connectivity index (χ4n) is 2.57. The molecule has 4 nitrogen and oxygen atoms in total. The molecule has 1 heterocycles. The first-order chi connectivity index (χ1) is 10.8. The average molecular weight is 311 g/mol. The van der Waals surface area contributed by atoms with Gasteiger partial charge in [0.15, 0.2) is 11.5 Å². The van der Waals surface area contributed by atoms with Gasteiger partial charge in [0.1, 0.15) is 11.4 Å². The normalized spacial score (nSPS) is 13.7. The van der Waals surface area contributed by atoms with Crippen LogP contribution in [0.3, 0.4) is 0 Å². The first kappa shape index (κ1) is 15.4. The number of ether oxygens (including phenoxy) is 2. The number of aryl methyl sites for hydroxylation is 1. The van der Waals surface area contributed by atoms with Crippen LogP contribution in [0.4, 0.5) is 5.69 Å². The van der Waals surface area contributed by atoms with Crippen LogP contribution in [-0.2, 0) is 5.41 Å². The molecule has 0 aromatic heterocycles. The molecule has 0 saturated heterocycles. The first-order valence-corrected chi connectivity index (χ1v) is 7.62. The molecule has 0 bridgehead atoms. The summed E-state index contributed by atoms with van der Waals surface area (Å²) < 4.78 is 10.7. The maximum absolute atomic E-state index is 10.5. The summed E-state index contributed by atoms with van der Waals surface area (Å²) in [4.78, 5) is 4.47. The third kappa shape index (κ3) is 3.16. The van der Waals surface area contributed by atoms with Crippen molar-refractivity contribution in [2.75, 3.05) is 6.79 Å². The molecule has 3 rings (SSSR count). The second kappa shape index (κ2) is 5.61. The van der Waals surface area contributed by atoms with E-state index >= 15 is 0 Å². The lowest BCUT2D eigenvalue weighted by molar-refractivity contribution is 0.174. The van der Waals surface area contributed by atoms with Gasteiger partial charge in [-0.05, 0) is 47.7 Å². The summed E-state index contributed by atoms with van der Waals surface area (Å²) >= 11 is 0. The number of hydrogen-bond acceptors (Lipinski definition) is 4. The van der Waals surface area contributed by atoms with Crippen LogP contribution in [0.15, 0.2) is 35.3 Å². The smallest absolute Gasteiger partial charge is 0.231 e. The number of aromatic hydroxyl groups is 1. The maximum Gasteiger partial charge on any atom is 0.231 e. The lowest BCUT2D eigenvalue weighted by atomic mass is 9.85. The molecule has 0 fully saturated rings. The zero-order valence-electron chi connectivity index (χ0n) is 13.9. The van der Waals surface area contributed by atoms with E-state index in [0.717, 1.165) is 28.2 Å². The van der Waals surface area contributed by atoms with Gasteiger partial charge in [-0.1, -0.05) is 26.8 Å². The average Bonchev–Trinajstić information content (AvgIpc) is 2.94. The van der Waals surface area contributed by atoms with Gasteiger partial charge in [0, 0.05) is 11.8 Å². The minimum Gasteiger partial charge on any atom is -0.505 e. The van der Waals surface area contributed by atoms with E-state index in [-0.39, 0.29) is 18.0 Å². The molecule has 2 aromatic rings. The minimum absolute atomic E-state index is 0.140. The summed E-state index contributed by atoms with van der Waals surface area (Å²) in [6.45, 7) is 8.49. The Morgan fingerprint density at radius 2 is 1.83 bits per heavy atom. The Morgan fingerprint density at radius 3 is 2.57 bits per heavy atom. The van der Waals surface area contributed by atoms with Gasteiger partial charge in [-0.2, -0.15) is 0 Å². The third-order valence-corrected chi connectivity index (χ3v) is 3.79. The summed E-state index contributed by atoms with van der Waals surface area (Å²) in [6, 6.07) is 9.54. The highest BCUT2D eigenvalue weighted by molar-refractivity contribution is 5.84. The Hall–Kier alpha value is -2.49. The van der Waals surface area contributed by atoms with Crippen LogP contribution in [0.1, 0.15) is 37.5 Å². The summed E-state index contributed by atoms with van der Waals surface area (Å²) in [5.74, 6) is 1.70. The third-order valence-electron chi connectivity index (χ3n) is 3.79. The van der Waals surface area contributed by atoms with Gasteiger partial charge in [-0.15, -0.1) is 0 Å². The van der Waals surface area contributed by atoms with Crippen molar-refractivity contribution < 1.29 is 14.6 Å². The SMILES string of the molecule is Cc1cc(N=Cc2ccc3c(c2)OCO3)c(O)c(C(C)(C)C)c1. The molecule has 4 heteroatoms. The molecule has 2 aromatic carbocycles. The van der Waals surface area contributed by atoms with Crippen LogP contribution in [-0.4, -0.2) is 18.1 Å². The van der Waals surface area contributed by atoms with Crippen LogP contribution in [0.5, 0.6) is 17.2 Å². The molecule has 0 unspecified atom stereocenters. The van der Waals surface area contributed by atoms with Crippen LogP contribution < -0.4 is 9.47 Å². The zero-order valence-corrected chi connectivity index (χ0v) is 13.9. The number of aliphatic imine (C=N–C) groups is 1. The van der Waals surface area contributed by atoms with Crippen molar-refractivity contribution in [3.63, 3.8) is 0 Å². The standard InChI is InChI=1S/C19H21NO3/c1-12-7-14(19(2,3)4)18(21)15(8-12)20-10-13-5-6-16-17(9-13)23-11-22-16/h5-10,21H,11H2,1-4H3. The predicted octanol–water partition coefficient (Wildman–Crippen LogP) is 4.48. The van der Waals surface area contributed by atoms with E-state index in [4.69, 9.17) is 9.47 Å². The second-order valence-electron chi connectivity index (χ2n) is 6.80. The van der Waals surface area contributed by atoms with Crippen LogP contribution in [0.25, 0.3) is 0 Å². The largest absolute Gasteiger partial charge is 0.505 e. The number of phenols is 1. The first-order valence-electron chi connectivity index (χ1n) is 7.62. The zero-order chi connectivity index (χ0) is 16.6. The molecule has 1 N–H and O–H groups in total. The van der Waals surface area contributed by atoms with Gasteiger partial charge in [0.05, 0.1) is 0 Å². The highest BCUT2D eigenvalue weighted by atomic mass is 16.7. The molecule has 0 amide bonds. The van der Waals surface area contributed by atoms with E-state index in [0.29, 0.717) is 5.69 Å². The molecule has 0 spiro atoms. The maximum atomic E-state index is 10.5. The Labute approximate surface area is 136 Å². The van der Waals surface area contributed by atoms with E-state index in [1.165, 1.54) is 0 Å². The number of benzene rings is 2. The fourth-order valence-corrected chi connectivity index (χ4v) is 2.57. The van der Waals surface area contributed by atoms with Gasteiger partial charge in [0.2, 0.25) is 6.79 Å². The van der Waals surface area contributed by atoms with Crippen molar-refractivity contribution in [3.8, 4) is 17.2 Å². The highest BCUT2D eigenvalue weighted by Crippen LogP contribution is 2.39. The Balaban J connectivity index is 1.95. The van der Waals surface area contributed by atoms with Gasteiger partial charge >= 0.3 is 0 Å². The number of rotatable bonds is 2. The van der Waals surface area contributed by atoms with E-state index in [1.54, 1.807) is 6.21 Å². The van der Waals surface area contributed by atoms with E-state index in [1.807, 2.05) is 37.3 Å². The number of hydrogen-bond donors (Lipinski definition) is 1. The van der Waals surface area contributed by atoms with Gasteiger partial charge in [0.25, 0.3) is 0 Å². The summed E-state index contributed by atoms with van der Waals surface area (Å²) in [5.41, 5.74) is 3.31. The lowest BCUT2D eigenvalue weighted by Crippen LogP contribution is -2.11. The molecule has 0 aliphatic carbocycles.